The van der Waals surface area contributed by atoms with Gasteiger partial charge in [0.05, 0.1) is 5.69 Å². The van der Waals surface area contributed by atoms with E-state index < -0.39 is 0 Å². The fraction of sp³-hybridized carbons (Fsp3) is 0.0625. The number of benzene rings is 2. The molecule has 3 aromatic rings. The third-order valence-electron chi connectivity index (χ3n) is 3.05. The Morgan fingerprint density at radius 1 is 1.05 bits per heavy atom. The highest BCUT2D eigenvalue weighted by Gasteiger charge is 2.07. The van der Waals surface area contributed by atoms with Crippen LogP contribution in [-0.2, 0) is 6.54 Å². The second-order valence-electron chi connectivity index (χ2n) is 4.45. The molecule has 0 saturated carbocycles. The number of aromatic nitrogens is 1. The SMILES string of the molecule is NCc1cccc(-c2nc(-c3ccc(F)cc3)cs2)c1. The van der Waals surface area contributed by atoms with Gasteiger partial charge in [0.1, 0.15) is 10.8 Å². The summed E-state index contributed by atoms with van der Waals surface area (Å²) < 4.78 is 12.9. The molecule has 0 aliphatic rings. The van der Waals surface area contributed by atoms with Crippen LogP contribution in [-0.4, -0.2) is 4.98 Å². The lowest BCUT2D eigenvalue weighted by Crippen LogP contribution is -1.95. The monoisotopic (exact) mass is 284 g/mol. The number of thiazole rings is 1. The molecule has 1 heterocycles. The summed E-state index contributed by atoms with van der Waals surface area (Å²) in [4.78, 5) is 4.61. The Bertz CT molecular complexity index is 719. The van der Waals surface area contributed by atoms with Gasteiger partial charge in [0.2, 0.25) is 0 Å². The molecule has 0 aliphatic heterocycles. The van der Waals surface area contributed by atoms with Crippen molar-refractivity contribution >= 4 is 11.3 Å². The minimum absolute atomic E-state index is 0.236. The van der Waals surface area contributed by atoms with Gasteiger partial charge in [-0.2, -0.15) is 0 Å². The molecule has 0 fully saturated rings. The van der Waals surface area contributed by atoms with Crippen molar-refractivity contribution in [1.82, 2.24) is 4.98 Å². The summed E-state index contributed by atoms with van der Waals surface area (Å²) in [6.45, 7) is 0.518. The van der Waals surface area contributed by atoms with E-state index in [9.17, 15) is 4.39 Å². The van der Waals surface area contributed by atoms with E-state index in [2.05, 4.69) is 4.98 Å². The van der Waals surface area contributed by atoms with Gasteiger partial charge in [-0.25, -0.2) is 9.37 Å². The predicted molar refractivity (Wildman–Crippen MR) is 80.8 cm³/mol. The first-order valence-electron chi connectivity index (χ1n) is 6.27. The van der Waals surface area contributed by atoms with Gasteiger partial charge in [-0.1, -0.05) is 18.2 Å². The van der Waals surface area contributed by atoms with Gasteiger partial charge >= 0.3 is 0 Å². The molecule has 100 valence electrons. The Morgan fingerprint density at radius 3 is 2.60 bits per heavy atom. The molecule has 0 radical (unpaired) electrons. The van der Waals surface area contributed by atoms with Crippen molar-refractivity contribution in [2.45, 2.75) is 6.54 Å². The quantitative estimate of drug-likeness (QED) is 0.787. The van der Waals surface area contributed by atoms with E-state index in [-0.39, 0.29) is 5.82 Å². The summed E-state index contributed by atoms with van der Waals surface area (Å²) in [7, 11) is 0. The molecule has 0 spiro atoms. The van der Waals surface area contributed by atoms with Crippen LogP contribution in [0.2, 0.25) is 0 Å². The van der Waals surface area contributed by atoms with Gasteiger partial charge in [0.25, 0.3) is 0 Å². The van der Waals surface area contributed by atoms with Crippen LogP contribution in [0, 0.1) is 5.82 Å². The van der Waals surface area contributed by atoms with E-state index >= 15 is 0 Å². The first-order valence-corrected chi connectivity index (χ1v) is 7.15. The molecule has 20 heavy (non-hydrogen) atoms. The lowest BCUT2D eigenvalue weighted by molar-refractivity contribution is 0.628. The maximum atomic E-state index is 12.9. The number of hydrogen-bond acceptors (Lipinski definition) is 3. The second-order valence-corrected chi connectivity index (χ2v) is 5.31. The van der Waals surface area contributed by atoms with Crippen molar-refractivity contribution in [2.24, 2.45) is 5.73 Å². The Hall–Kier alpha value is -2.04. The predicted octanol–water partition coefficient (Wildman–Crippen LogP) is 4.07. The smallest absolute Gasteiger partial charge is 0.124 e. The van der Waals surface area contributed by atoms with Crippen molar-refractivity contribution in [2.75, 3.05) is 0 Å². The van der Waals surface area contributed by atoms with Crippen LogP contribution >= 0.6 is 11.3 Å². The summed E-state index contributed by atoms with van der Waals surface area (Å²) >= 11 is 1.58. The first kappa shape index (κ1) is 13.0. The Labute approximate surface area is 120 Å². The second kappa shape index (κ2) is 5.53. The molecule has 3 rings (SSSR count). The van der Waals surface area contributed by atoms with Crippen LogP contribution in [0.1, 0.15) is 5.56 Å². The van der Waals surface area contributed by atoms with Crippen molar-refractivity contribution in [3.05, 3.63) is 65.3 Å². The lowest BCUT2D eigenvalue weighted by Gasteiger charge is -2.00. The van der Waals surface area contributed by atoms with Gasteiger partial charge in [-0.3, -0.25) is 0 Å². The van der Waals surface area contributed by atoms with E-state index in [1.165, 1.54) is 12.1 Å². The van der Waals surface area contributed by atoms with Crippen LogP contribution in [0.15, 0.2) is 53.9 Å². The highest BCUT2D eigenvalue weighted by molar-refractivity contribution is 7.13. The molecule has 1 aromatic heterocycles. The number of halogens is 1. The fourth-order valence-electron chi connectivity index (χ4n) is 1.99. The average Bonchev–Trinajstić information content (AvgIpc) is 2.98. The zero-order chi connectivity index (χ0) is 13.9. The van der Waals surface area contributed by atoms with E-state index in [1.54, 1.807) is 23.5 Å². The summed E-state index contributed by atoms with van der Waals surface area (Å²) in [6, 6.07) is 14.4. The molecule has 2 aromatic carbocycles. The highest BCUT2D eigenvalue weighted by Crippen LogP contribution is 2.29. The zero-order valence-corrected chi connectivity index (χ0v) is 11.5. The van der Waals surface area contributed by atoms with Gasteiger partial charge < -0.3 is 5.73 Å². The lowest BCUT2D eigenvalue weighted by atomic mass is 10.1. The van der Waals surface area contributed by atoms with Crippen molar-refractivity contribution < 1.29 is 4.39 Å². The molecule has 2 N–H and O–H groups in total. The largest absolute Gasteiger partial charge is 0.326 e. The summed E-state index contributed by atoms with van der Waals surface area (Å²) in [5.74, 6) is -0.236. The third-order valence-corrected chi connectivity index (χ3v) is 3.95. The van der Waals surface area contributed by atoms with E-state index in [0.717, 1.165) is 27.4 Å². The molecular weight excluding hydrogens is 271 g/mol. The average molecular weight is 284 g/mol. The number of nitrogens with zero attached hydrogens (tertiary/aromatic N) is 1. The Kier molecular flexibility index (Phi) is 3.58. The minimum atomic E-state index is -0.236. The van der Waals surface area contributed by atoms with Crippen molar-refractivity contribution in [3.63, 3.8) is 0 Å². The van der Waals surface area contributed by atoms with E-state index in [1.807, 2.05) is 29.6 Å². The highest BCUT2D eigenvalue weighted by atomic mass is 32.1. The third kappa shape index (κ3) is 2.61. The van der Waals surface area contributed by atoms with Crippen LogP contribution in [0.4, 0.5) is 4.39 Å². The van der Waals surface area contributed by atoms with Gasteiger partial charge in [-0.15, -0.1) is 11.3 Å². The summed E-state index contributed by atoms with van der Waals surface area (Å²) in [5.41, 5.74) is 9.58. The van der Waals surface area contributed by atoms with Crippen molar-refractivity contribution in [3.8, 4) is 21.8 Å². The van der Waals surface area contributed by atoms with Crippen molar-refractivity contribution in [1.29, 1.82) is 0 Å². The maximum absolute atomic E-state index is 12.9. The molecule has 0 unspecified atom stereocenters. The number of rotatable bonds is 3. The minimum Gasteiger partial charge on any atom is -0.326 e. The Balaban J connectivity index is 1.95. The van der Waals surface area contributed by atoms with Crippen LogP contribution in [0.25, 0.3) is 21.8 Å². The number of nitrogens with two attached hydrogens (primary N) is 1. The molecule has 2 nitrogen and oxygen atoms in total. The molecule has 0 bridgehead atoms. The first-order chi connectivity index (χ1) is 9.76. The number of hydrogen-bond donors (Lipinski definition) is 1. The molecule has 0 saturated heterocycles. The van der Waals surface area contributed by atoms with E-state index in [0.29, 0.717) is 6.54 Å². The van der Waals surface area contributed by atoms with Gasteiger partial charge in [0.15, 0.2) is 0 Å². The molecule has 0 aliphatic carbocycles. The summed E-state index contributed by atoms with van der Waals surface area (Å²) in [6.07, 6.45) is 0. The van der Waals surface area contributed by atoms with Gasteiger partial charge in [-0.05, 0) is 35.9 Å². The summed E-state index contributed by atoms with van der Waals surface area (Å²) in [5, 5.41) is 2.93. The topological polar surface area (TPSA) is 38.9 Å². The Morgan fingerprint density at radius 2 is 1.85 bits per heavy atom. The van der Waals surface area contributed by atoms with Crippen LogP contribution < -0.4 is 5.73 Å². The maximum Gasteiger partial charge on any atom is 0.124 e. The van der Waals surface area contributed by atoms with Crippen LogP contribution in [0.5, 0.6) is 0 Å². The van der Waals surface area contributed by atoms with Gasteiger partial charge in [0, 0.05) is 23.1 Å². The van der Waals surface area contributed by atoms with E-state index in [4.69, 9.17) is 5.73 Å². The molecule has 0 amide bonds. The molecule has 0 atom stereocenters. The fourth-order valence-corrected chi connectivity index (χ4v) is 2.82. The normalized spacial score (nSPS) is 10.7. The van der Waals surface area contributed by atoms with Crippen LogP contribution in [0.3, 0.4) is 0 Å². The molecular formula is C16H13FN2S. The standard InChI is InChI=1S/C16H13FN2S/c17-14-6-4-12(5-7-14)15-10-20-16(19-15)13-3-1-2-11(8-13)9-18/h1-8,10H,9,18H2. The zero-order valence-electron chi connectivity index (χ0n) is 10.7. The molecule has 4 heteroatoms.